The molecule has 0 saturated heterocycles. The van der Waals surface area contributed by atoms with Crippen LogP contribution < -0.4 is 10.6 Å². The summed E-state index contributed by atoms with van der Waals surface area (Å²) in [4.78, 5) is 9.50. The third kappa shape index (κ3) is 3.05. The van der Waals surface area contributed by atoms with Crippen LogP contribution in [0.3, 0.4) is 0 Å². The fourth-order valence-electron chi connectivity index (χ4n) is 2.43. The van der Waals surface area contributed by atoms with Gasteiger partial charge in [-0.05, 0) is 40.0 Å². The van der Waals surface area contributed by atoms with Crippen LogP contribution in [0.2, 0.25) is 0 Å². The van der Waals surface area contributed by atoms with Crippen LogP contribution >= 0.6 is 0 Å². The van der Waals surface area contributed by atoms with Gasteiger partial charge in [0.15, 0.2) is 0 Å². The molecule has 1 aliphatic rings. The molecule has 0 aliphatic heterocycles. The Morgan fingerprint density at radius 1 is 1.15 bits per heavy atom. The number of anilines is 2. The van der Waals surface area contributed by atoms with Crippen LogP contribution in [-0.4, -0.2) is 22.1 Å². The van der Waals surface area contributed by atoms with Crippen molar-refractivity contribution in [2.45, 2.75) is 71.8 Å². The molecule has 1 aliphatic carbocycles. The summed E-state index contributed by atoms with van der Waals surface area (Å²) in [6.45, 7) is 13.8. The molecule has 1 aromatic heterocycles. The lowest BCUT2D eigenvalue weighted by atomic mass is 9.78. The third-order valence-corrected chi connectivity index (χ3v) is 4.04. The zero-order chi connectivity index (χ0) is 15.0. The molecule has 1 aromatic rings. The summed E-state index contributed by atoms with van der Waals surface area (Å²) in [5, 5.41) is 7.00. The van der Waals surface area contributed by atoms with Gasteiger partial charge >= 0.3 is 0 Å². The van der Waals surface area contributed by atoms with E-state index in [1.54, 1.807) is 0 Å². The van der Waals surface area contributed by atoms with Crippen molar-refractivity contribution in [2.24, 2.45) is 0 Å². The van der Waals surface area contributed by atoms with Crippen molar-refractivity contribution >= 4 is 11.6 Å². The van der Waals surface area contributed by atoms with E-state index < -0.39 is 0 Å². The smallest absolute Gasteiger partial charge is 0.138 e. The Bertz CT molecular complexity index is 484. The van der Waals surface area contributed by atoms with E-state index in [0.717, 1.165) is 29.6 Å². The Hall–Kier alpha value is -1.32. The molecule has 112 valence electrons. The lowest BCUT2D eigenvalue weighted by molar-refractivity contribution is 0.305. The lowest BCUT2D eigenvalue weighted by Gasteiger charge is -2.40. The Labute approximate surface area is 122 Å². The van der Waals surface area contributed by atoms with Gasteiger partial charge in [-0.15, -0.1) is 0 Å². The Kier molecular flexibility index (Phi) is 3.94. The van der Waals surface area contributed by atoms with Crippen LogP contribution in [0.15, 0.2) is 0 Å². The number of nitrogens with zero attached hydrogens (tertiary/aromatic N) is 2. The first-order chi connectivity index (χ1) is 9.25. The van der Waals surface area contributed by atoms with Crippen LogP contribution in [0.25, 0.3) is 0 Å². The van der Waals surface area contributed by atoms with Crippen molar-refractivity contribution in [1.82, 2.24) is 9.97 Å². The number of hydrogen-bond acceptors (Lipinski definition) is 4. The van der Waals surface area contributed by atoms with Crippen LogP contribution in [0.5, 0.6) is 0 Å². The Balaban J connectivity index is 2.40. The van der Waals surface area contributed by atoms with Crippen molar-refractivity contribution in [3.8, 4) is 0 Å². The maximum atomic E-state index is 4.79. The van der Waals surface area contributed by atoms with E-state index in [1.807, 2.05) is 0 Å². The average Bonchev–Trinajstić information content (AvgIpc) is 2.31. The maximum absolute atomic E-state index is 4.79. The molecule has 4 nitrogen and oxygen atoms in total. The molecule has 20 heavy (non-hydrogen) atoms. The van der Waals surface area contributed by atoms with Crippen LogP contribution in [0, 0.1) is 6.92 Å². The van der Waals surface area contributed by atoms with E-state index in [1.165, 1.54) is 19.3 Å². The highest BCUT2D eigenvalue weighted by molar-refractivity contribution is 5.58. The summed E-state index contributed by atoms with van der Waals surface area (Å²) < 4.78 is 0. The van der Waals surface area contributed by atoms with Gasteiger partial charge in [-0.3, -0.25) is 0 Å². The molecule has 0 radical (unpaired) electrons. The third-order valence-electron chi connectivity index (χ3n) is 4.04. The molecule has 0 spiro atoms. The molecule has 4 heteroatoms. The molecule has 2 N–H and O–H groups in total. The Morgan fingerprint density at radius 3 is 2.20 bits per heavy atom. The van der Waals surface area contributed by atoms with Crippen molar-refractivity contribution < 1.29 is 0 Å². The Morgan fingerprint density at radius 2 is 1.75 bits per heavy atom. The summed E-state index contributed by atoms with van der Waals surface area (Å²) >= 11 is 0. The first kappa shape index (κ1) is 15.1. The van der Waals surface area contributed by atoms with Crippen molar-refractivity contribution in [3.05, 3.63) is 11.4 Å². The van der Waals surface area contributed by atoms with Gasteiger partial charge in [0.1, 0.15) is 17.5 Å². The van der Waals surface area contributed by atoms with Gasteiger partial charge in [0.05, 0.1) is 0 Å². The first-order valence-corrected chi connectivity index (χ1v) is 7.66. The molecular weight excluding hydrogens is 248 g/mol. The summed E-state index contributed by atoms with van der Waals surface area (Å²) in [6.07, 6.45) is 3.75. The lowest BCUT2D eigenvalue weighted by Crippen LogP contribution is -2.42. The summed E-state index contributed by atoms with van der Waals surface area (Å²) in [5.41, 5.74) is 1.28. The molecule has 0 aromatic carbocycles. The second kappa shape index (κ2) is 5.23. The number of rotatable bonds is 4. The minimum Gasteiger partial charge on any atom is -0.370 e. The monoisotopic (exact) mass is 276 g/mol. The quantitative estimate of drug-likeness (QED) is 0.876. The van der Waals surface area contributed by atoms with E-state index >= 15 is 0 Å². The highest BCUT2D eigenvalue weighted by atomic mass is 15.1. The molecule has 1 saturated carbocycles. The highest BCUT2D eigenvalue weighted by Gasteiger charge is 2.33. The van der Waals surface area contributed by atoms with Gasteiger partial charge in [0.2, 0.25) is 0 Å². The second-order valence-corrected chi connectivity index (χ2v) is 7.19. The normalized spacial score (nSPS) is 17.5. The standard InChI is InChI=1S/C16H28N4/c1-7-17-12-11(2)13(20-16(6)9-8-10-16)19-14(18-12)15(3,4)5/h7-10H2,1-6H3,(H2,17,18,19,20). The van der Waals surface area contributed by atoms with Gasteiger partial charge in [0, 0.05) is 23.1 Å². The average molecular weight is 276 g/mol. The number of aromatic nitrogens is 2. The minimum atomic E-state index is -0.0468. The summed E-state index contributed by atoms with van der Waals surface area (Å²) in [6, 6.07) is 0. The van der Waals surface area contributed by atoms with Crippen LogP contribution in [0.1, 0.15) is 65.3 Å². The van der Waals surface area contributed by atoms with E-state index in [4.69, 9.17) is 9.97 Å². The topological polar surface area (TPSA) is 49.8 Å². The largest absolute Gasteiger partial charge is 0.370 e. The SMILES string of the molecule is CCNc1nc(C(C)(C)C)nc(NC2(C)CCC2)c1C. The summed E-state index contributed by atoms with van der Waals surface area (Å²) in [5.74, 6) is 2.84. The van der Waals surface area contributed by atoms with Crippen LogP contribution in [-0.2, 0) is 5.41 Å². The molecule has 0 amide bonds. The number of hydrogen-bond donors (Lipinski definition) is 2. The van der Waals surface area contributed by atoms with E-state index in [2.05, 4.69) is 52.2 Å². The fourth-order valence-corrected chi connectivity index (χ4v) is 2.43. The van der Waals surface area contributed by atoms with Gasteiger partial charge in [0.25, 0.3) is 0 Å². The molecule has 1 fully saturated rings. The van der Waals surface area contributed by atoms with Crippen LogP contribution in [0.4, 0.5) is 11.6 Å². The summed E-state index contributed by atoms with van der Waals surface area (Å²) in [7, 11) is 0. The second-order valence-electron chi connectivity index (χ2n) is 7.19. The number of nitrogens with one attached hydrogen (secondary N) is 2. The van der Waals surface area contributed by atoms with E-state index in [9.17, 15) is 0 Å². The van der Waals surface area contributed by atoms with Gasteiger partial charge < -0.3 is 10.6 Å². The van der Waals surface area contributed by atoms with Crippen molar-refractivity contribution in [3.63, 3.8) is 0 Å². The fraction of sp³-hybridized carbons (Fsp3) is 0.750. The molecular formula is C16H28N4. The zero-order valence-corrected chi connectivity index (χ0v) is 13.7. The molecule has 0 bridgehead atoms. The highest BCUT2D eigenvalue weighted by Crippen LogP contribution is 2.36. The molecule has 0 atom stereocenters. The maximum Gasteiger partial charge on any atom is 0.138 e. The predicted octanol–water partition coefficient (Wildman–Crippen LogP) is 3.87. The molecule has 2 rings (SSSR count). The first-order valence-electron chi connectivity index (χ1n) is 7.66. The van der Waals surface area contributed by atoms with Crippen molar-refractivity contribution in [2.75, 3.05) is 17.2 Å². The zero-order valence-electron chi connectivity index (χ0n) is 13.7. The molecule has 0 unspecified atom stereocenters. The minimum absolute atomic E-state index is 0.0468. The van der Waals surface area contributed by atoms with Gasteiger partial charge in [-0.25, -0.2) is 9.97 Å². The van der Waals surface area contributed by atoms with Crippen molar-refractivity contribution in [1.29, 1.82) is 0 Å². The van der Waals surface area contributed by atoms with Gasteiger partial charge in [-0.2, -0.15) is 0 Å². The predicted molar refractivity (Wildman–Crippen MR) is 85.5 cm³/mol. The van der Waals surface area contributed by atoms with E-state index in [-0.39, 0.29) is 11.0 Å². The van der Waals surface area contributed by atoms with Gasteiger partial charge in [-0.1, -0.05) is 20.8 Å². The van der Waals surface area contributed by atoms with E-state index in [0.29, 0.717) is 0 Å². The molecule has 1 heterocycles.